The average Bonchev–Trinajstić information content (AvgIpc) is 2.45. The van der Waals surface area contributed by atoms with Gasteiger partial charge in [-0.25, -0.2) is 4.98 Å². The first-order chi connectivity index (χ1) is 9.65. The summed E-state index contributed by atoms with van der Waals surface area (Å²) in [4.78, 5) is 9.03. The van der Waals surface area contributed by atoms with Crippen LogP contribution in [0.3, 0.4) is 0 Å². The highest BCUT2D eigenvalue weighted by Gasteiger charge is 2.24. The largest absolute Gasteiger partial charge is 0.353 e. The fourth-order valence-electron chi connectivity index (χ4n) is 2.49. The number of hydrogen-bond acceptors (Lipinski definition) is 4. The van der Waals surface area contributed by atoms with Gasteiger partial charge in [-0.2, -0.15) is 5.26 Å². The average molecular weight is 402 g/mol. The van der Waals surface area contributed by atoms with Crippen LogP contribution in [-0.2, 0) is 0 Å². The van der Waals surface area contributed by atoms with Crippen molar-refractivity contribution in [3.63, 3.8) is 0 Å². The van der Waals surface area contributed by atoms with Gasteiger partial charge < -0.3 is 4.90 Å². The standard InChI is InChI=1S/C14H18Br2N4/c1-2-3-12(9-17)19-4-6-20(7-5-19)14-13(16)8-11(15)10-18-14/h8,10,12H,2-7H2,1H3. The SMILES string of the molecule is CCCC(C#N)N1CCN(c2ncc(Br)cc2Br)CC1. The number of nitrogens with zero attached hydrogens (tertiary/aromatic N) is 4. The van der Waals surface area contributed by atoms with Crippen molar-refractivity contribution in [2.75, 3.05) is 31.1 Å². The van der Waals surface area contributed by atoms with Gasteiger partial charge in [-0.3, -0.25) is 4.90 Å². The minimum absolute atomic E-state index is 0.0588. The van der Waals surface area contributed by atoms with Gasteiger partial charge in [-0.1, -0.05) is 13.3 Å². The molecule has 0 bridgehead atoms. The summed E-state index contributed by atoms with van der Waals surface area (Å²) in [5.41, 5.74) is 0. The number of aromatic nitrogens is 1. The van der Waals surface area contributed by atoms with Crippen LogP contribution in [0.4, 0.5) is 5.82 Å². The molecule has 1 aromatic heterocycles. The van der Waals surface area contributed by atoms with E-state index in [4.69, 9.17) is 0 Å². The van der Waals surface area contributed by atoms with Crippen LogP contribution in [0.15, 0.2) is 21.2 Å². The molecule has 0 aliphatic carbocycles. The van der Waals surface area contributed by atoms with Crippen molar-refractivity contribution in [3.8, 4) is 6.07 Å². The van der Waals surface area contributed by atoms with Crippen LogP contribution < -0.4 is 4.90 Å². The van der Waals surface area contributed by atoms with Gasteiger partial charge >= 0.3 is 0 Å². The van der Waals surface area contributed by atoms with Crippen LogP contribution in [0.5, 0.6) is 0 Å². The molecule has 0 radical (unpaired) electrons. The zero-order valence-electron chi connectivity index (χ0n) is 11.5. The molecule has 0 saturated carbocycles. The Morgan fingerprint density at radius 1 is 1.35 bits per heavy atom. The molecule has 1 aromatic rings. The number of nitriles is 1. The monoisotopic (exact) mass is 400 g/mol. The molecule has 108 valence electrons. The molecule has 2 heterocycles. The molecule has 20 heavy (non-hydrogen) atoms. The molecule has 0 N–H and O–H groups in total. The Morgan fingerprint density at radius 2 is 2.05 bits per heavy atom. The Labute approximate surface area is 137 Å². The molecule has 0 amide bonds. The molecule has 0 spiro atoms. The fraction of sp³-hybridized carbons (Fsp3) is 0.571. The van der Waals surface area contributed by atoms with Crippen LogP contribution in [0.1, 0.15) is 19.8 Å². The van der Waals surface area contributed by atoms with Crippen molar-refractivity contribution in [1.82, 2.24) is 9.88 Å². The maximum Gasteiger partial charge on any atom is 0.143 e. The molecule has 1 saturated heterocycles. The van der Waals surface area contributed by atoms with Gasteiger partial charge in [0.1, 0.15) is 5.82 Å². The van der Waals surface area contributed by atoms with Gasteiger partial charge in [0.05, 0.1) is 16.6 Å². The Bertz CT molecular complexity index is 492. The third-order valence-corrected chi connectivity index (χ3v) is 4.57. The molecule has 1 atom stereocenters. The van der Waals surface area contributed by atoms with E-state index in [0.29, 0.717) is 0 Å². The van der Waals surface area contributed by atoms with Gasteiger partial charge in [0.15, 0.2) is 0 Å². The summed E-state index contributed by atoms with van der Waals surface area (Å²) in [5.74, 6) is 0.983. The van der Waals surface area contributed by atoms with E-state index in [2.05, 4.69) is 59.6 Å². The molecule has 1 unspecified atom stereocenters. The maximum absolute atomic E-state index is 9.24. The summed E-state index contributed by atoms with van der Waals surface area (Å²) in [5, 5.41) is 9.24. The van der Waals surface area contributed by atoms with E-state index in [1.165, 1.54) is 0 Å². The van der Waals surface area contributed by atoms with Crippen molar-refractivity contribution < 1.29 is 0 Å². The van der Waals surface area contributed by atoms with Crippen molar-refractivity contribution in [3.05, 3.63) is 21.2 Å². The van der Waals surface area contributed by atoms with Crippen LogP contribution >= 0.6 is 31.9 Å². The lowest BCUT2D eigenvalue weighted by Gasteiger charge is -2.37. The first-order valence-corrected chi connectivity index (χ1v) is 8.44. The summed E-state index contributed by atoms with van der Waals surface area (Å²) in [7, 11) is 0. The van der Waals surface area contributed by atoms with E-state index < -0.39 is 0 Å². The minimum Gasteiger partial charge on any atom is -0.353 e. The topological polar surface area (TPSA) is 43.2 Å². The highest BCUT2D eigenvalue weighted by Crippen LogP contribution is 2.27. The second-order valence-corrected chi connectivity index (χ2v) is 6.69. The number of anilines is 1. The zero-order chi connectivity index (χ0) is 14.5. The highest BCUT2D eigenvalue weighted by molar-refractivity contribution is 9.11. The number of halogens is 2. The predicted octanol–water partition coefficient (Wildman–Crippen LogP) is 3.42. The van der Waals surface area contributed by atoms with Gasteiger partial charge in [0, 0.05) is 36.8 Å². The summed E-state index contributed by atoms with van der Waals surface area (Å²) in [6.45, 7) is 5.79. The smallest absolute Gasteiger partial charge is 0.143 e. The Kier molecular flexibility index (Phi) is 5.82. The van der Waals surface area contributed by atoms with Gasteiger partial charge in [0.2, 0.25) is 0 Å². The van der Waals surface area contributed by atoms with Crippen molar-refractivity contribution in [2.24, 2.45) is 0 Å². The van der Waals surface area contributed by atoms with Crippen molar-refractivity contribution >= 4 is 37.7 Å². The summed E-state index contributed by atoms with van der Waals surface area (Å²) in [6.07, 6.45) is 3.83. The summed E-state index contributed by atoms with van der Waals surface area (Å²) in [6, 6.07) is 4.50. The normalized spacial score (nSPS) is 17.8. The molecule has 1 aliphatic rings. The summed E-state index contributed by atoms with van der Waals surface area (Å²) >= 11 is 6.99. The third-order valence-electron chi connectivity index (χ3n) is 3.55. The number of piperazine rings is 1. The Balaban J connectivity index is 1.99. The van der Waals surface area contributed by atoms with E-state index >= 15 is 0 Å². The minimum atomic E-state index is 0.0588. The number of hydrogen-bond donors (Lipinski definition) is 0. The Hall–Kier alpha value is -0.640. The zero-order valence-corrected chi connectivity index (χ0v) is 14.7. The van der Waals surface area contributed by atoms with E-state index in [1.54, 1.807) is 0 Å². The number of pyridine rings is 1. The van der Waals surface area contributed by atoms with Gasteiger partial charge in [-0.15, -0.1) is 0 Å². The van der Waals surface area contributed by atoms with E-state index in [-0.39, 0.29) is 6.04 Å². The van der Waals surface area contributed by atoms with Gasteiger partial charge in [-0.05, 0) is 44.3 Å². The first kappa shape index (κ1) is 15.7. The van der Waals surface area contributed by atoms with Crippen LogP contribution in [-0.4, -0.2) is 42.1 Å². The molecule has 1 fully saturated rings. The van der Waals surface area contributed by atoms with Crippen LogP contribution in [0, 0.1) is 11.3 Å². The second kappa shape index (κ2) is 7.39. The molecule has 6 heteroatoms. The maximum atomic E-state index is 9.24. The van der Waals surface area contributed by atoms with E-state index in [0.717, 1.165) is 53.8 Å². The van der Waals surface area contributed by atoms with Crippen LogP contribution in [0.25, 0.3) is 0 Å². The van der Waals surface area contributed by atoms with Crippen molar-refractivity contribution in [1.29, 1.82) is 5.26 Å². The molecule has 2 rings (SSSR count). The lowest BCUT2D eigenvalue weighted by atomic mass is 10.1. The second-order valence-electron chi connectivity index (χ2n) is 4.92. The van der Waals surface area contributed by atoms with E-state index in [9.17, 15) is 5.26 Å². The lowest BCUT2D eigenvalue weighted by molar-refractivity contribution is 0.211. The highest BCUT2D eigenvalue weighted by atomic mass is 79.9. The first-order valence-electron chi connectivity index (χ1n) is 6.85. The van der Waals surface area contributed by atoms with Crippen molar-refractivity contribution in [2.45, 2.75) is 25.8 Å². The third kappa shape index (κ3) is 3.72. The van der Waals surface area contributed by atoms with Crippen LogP contribution in [0.2, 0.25) is 0 Å². The fourth-order valence-corrected chi connectivity index (χ4v) is 3.73. The summed E-state index contributed by atoms with van der Waals surface area (Å²) < 4.78 is 1.98. The molecular weight excluding hydrogens is 384 g/mol. The lowest BCUT2D eigenvalue weighted by Crippen LogP contribution is -2.50. The quantitative estimate of drug-likeness (QED) is 0.775. The molecular formula is C14H18Br2N4. The molecule has 1 aliphatic heterocycles. The van der Waals surface area contributed by atoms with Gasteiger partial charge in [0.25, 0.3) is 0 Å². The molecule has 4 nitrogen and oxygen atoms in total. The predicted molar refractivity (Wildman–Crippen MR) is 87.7 cm³/mol. The van der Waals surface area contributed by atoms with E-state index in [1.807, 2.05) is 12.3 Å². The number of rotatable bonds is 4. The Morgan fingerprint density at radius 3 is 2.60 bits per heavy atom. The molecule has 0 aromatic carbocycles.